The molecule has 0 spiro atoms. The Hall–Kier alpha value is -2.96. The number of pyridine rings is 1. The van der Waals surface area contributed by atoms with E-state index >= 15 is 0 Å². The fourth-order valence-electron chi connectivity index (χ4n) is 1.82. The number of hydrogen-bond donors (Lipinski definition) is 2. The quantitative estimate of drug-likeness (QED) is 0.745. The lowest BCUT2D eigenvalue weighted by Crippen LogP contribution is -1.99. The molecule has 7 heteroatoms. The number of rotatable bonds is 4. The number of fused-ring (bicyclic) bond motifs is 1. The lowest BCUT2D eigenvalue weighted by atomic mass is 10.3. The fraction of sp³-hybridized carbons (Fsp3) is 0.0769. The SMILES string of the molecule is O=C(O)Cc1cn2nc(Nc3ccncc3)ccc2n1. The number of hydrogen-bond acceptors (Lipinski definition) is 5. The maximum Gasteiger partial charge on any atom is 0.309 e. The third-order valence-corrected chi connectivity index (χ3v) is 2.66. The van der Waals surface area contributed by atoms with E-state index < -0.39 is 5.97 Å². The molecule has 0 bridgehead atoms. The Bertz CT molecular complexity index is 754. The smallest absolute Gasteiger partial charge is 0.309 e. The number of nitrogens with one attached hydrogen (secondary N) is 1. The van der Waals surface area contributed by atoms with Crippen molar-refractivity contribution >= 4 is 23.1 Å². The Labute approximate surface area is 113 Å². The van der Waals surface area contributed by atoms with Gasteiger partial charge in [0.05, 0.1) is 18.3 Å². The van der Waals surface area contributed by atoms with Crippen LogP contribution in [-0.4, -0.2) is 30.7 Å². The van der Waals surface area contributed by atoms with Crippen molar-refractivity contribution in [2.24, 2.45) is 0 Å². The topological polar surface area (TPSA) is 92.4 Å². The Morgan fingerprint density at radius 1 is 1.25 bits per heavy atom. The number of aromatic nitrogens is 4. The third kappa shape index (κ3) is 2.56. The monoisotopic (exact) mass is 269 g/mol. The van der Waals surface area contributed by atoms with Crippen LogP contribution in [-0.2, 0) is 11.2 Å². The predicted molar refractivity (Wildman–Crippen MR) is 71.8 cm³/mol. The van der Waals surface area contributed by atoms with Crippen molar-refractivity contribution in [3.05, 3.63) is 48.5 Å². The van der Waals surface area contributed by atoms with Crippen LogP contribution in [0.1, 0.15) is 5.69 Å². The van der Waals surface area contributed by atoms with E-state index in [2.05, 4.69) is 20.4 Å². The van der Waals surface area contributed by atoms with E-state index in [0.29, 0.717) is 17.2 Å². The van der Waals surface area contributed by atoms with Crippen LogP contribution in [0.25, 0.3) is 5.65 Å². The maximum absolute atomic E-state index is 10.7. The molecule has 0 saturated heterocycles. The molecule has 0 aliphatic rings. The molecule has 0 aliphatic heterocycles. The molecule has 0 saturated carbocycles. The minimum absolute atomic E-state index is 0.115. The number of anilines is 2. The van der Waals surface area contributed by atoms with Crippen LogP contribution in [0.4, 0.5) is 11.5 Å². The zero-order valence-electron chi connectivity index (χ0n) is 10.4. The average Bonchev–Trinajstić information content (AvgIpc) is 2.80. The number of carboxylic acid groups (broad SMARTS) is 1. The van der Waals surface area contributed by atoms with Crippen LogP contribution in [0.15, 0.2) is 42.9 Å². The van der Waals surface area contributed by atoms with E-state index in [1.807, 2.05) is 12.1 Å². The minimum Gasteiger partial charge on any atom is -0.481 e. The van der Waals surface area contributed by atoms with E-state index in [4.69, 9.17) is 5.11 Å². The van der Waals surface area contributed by atoms with Crippen molar-refractivity contribution in [1.82, 2.24) is 19.6 Å². The Morgan fingerprint density at radius 3 is 2.80 bits per heavy atom. The molecule has 3 heterocycles. The number of nitrogens with zero attached hydrogens (tertiary/aromatic N) is 4. The fourth-order valence-corrected chi connectivity index (χ4v) is 1.82. The van der Waals surface area contributed by atoms with Crippen LogP contribution >= 0.6 is 0 Å². The molecule has 7 nitrogen and oxygen atoms in total. The van der Waals surface area contributed by atoms with Crippen LogP contribution < -0.4 is 5.32 Å². The van der Waals surface area contributed by atoms with Gasteiger partial charge in [-0.25, -0.2) is 9.50 Å². The van der Waals surface area contributed by atoms with Crippen LogP contribution in [0.5, 0.6) is 0 Å². The molecule has 20 heavy (non-hydrogen) atoms. The number of imidazole rings is 1. The second-order valence-corrected chi connectivity index (χ2v) is 4.18. The van der Waals surface area contributed by atoms with E-state index in [9.17, 15) is 4.79 Å². The van der Waals surface area contributed by atoms with Crippen LogP contribution in [0, 0.1) is 0 Å². The first-order valence-electron chi connectivity index (χ1n) is 5.95. The van der Waals surface area contributed by atoms with Crippen LogP contribution in [0.3, 0.4) is 0 Å². The zero-order chi connectivity index (χ0) is 13.9. The highest BCUT2D eigenvalue weighted by Crippen LogP contribution is 2.14. The summed E-state index contributed by atoms with van der Waals surface area (Å²) in [6.07, 6.45) is 4.86. The molecular weight excluding hydrogens is 258 g/mol. The van der Waals surface area contributed by atoms with E-state index in [-0.39, 0.29) is 6.42 Å². The molecule has 3 rings (SSSR count). The minimum atomic E-state index is -0.913. The van der Waals surface area contributed by atoms with Gasteiger partial charge < -0.3 is 10.4 Å². The summed E-state index contributed by atoms with van der Waals surface area (Å²) in [7, 11) is 0. The highest BCUT2D eigenvalue weighted by atomic mass is 16.4. The molecule has 0 radical (unpaired) electrons. The van der Waals surface area contributed by atoms with Gasteiger partial charge in [0.1, 0.15) is 0 Å². The summed E-state index contributed by atoms with van der Waals surface area (Å²) in [5, 5.41) is 16.2. The van der Waals surface area contributed by atoms with Crippen molar-refractivity contribution in [2.45, 2.75) is 6.42 Å². The van der Waals surface area contributed by atoms with Gasteiger partial charge in [0.25, 0.3) is 0 Å². The summed E-state index contributed by atoms with van der Waals surface area (Å²) in [5.41, 5.74) is 1.96. The Balaban J connectivity index is 1.88. The van der Waals surface area contributed by atoms with Gasteiger partial charge in [-0.3, -0.25) is 9.78 Å². The number of carboxylic acids is 1. The molecule has 0 unspecified atom stereocenters. The molecule has 0 amide bonds. The lowest BCUT2D eigenvalue weighted by Gasteiger charge is -2.04. The van der Waals surface area contributed by atoms with Gasteiger partial charge in [0, 0.05) is 18.1 Å². The molecule has 0 aromatic carbocycles. The summed E-state index contributed by atoms with van der Waals surface area (Å²) in [6, 6.07) is 7.22. The summed E-state index contributed by atoms with van der Waals surface area (Å²) in [4.78, 5) is 18.8. The van der Waals surface area contributed by atoms with Crippen molar-refractivity contribution in [1.29, 1.82) is 0 Å². The second kappa shape index (κ2) is 4.96. The second-order valence-electron chi connectivity index (χ2n) is 4.18. The van der Waals surface area contributed by atoms with Gasteiger partial charge in [0.2, 0.25) is 0 Å². The lowest BCUT2D eigenvalue weighted by molar-refractivity contribution is -0.136. The Morgan fingerprint density at radius 2 is 2.05 bits per heavy atom. The van der Waals surface area contributed by atoms with Gasteiger partial charge in [-0.2, -0.15) is 0 Å². The summed E-state index contributed by atoms with van der Waals surface area (Å²) in [6.45, 7) is 0. The molecule has 0 aliphatic carbocycles. The molecule has 3 aromatic rings. The van der Waals surface area contributed by atoms with Gasteiger partial charge in [-0.1, -0.05) is 0 Å². The zero-order valence-corrected chi connectivity index (χ0v) is 10.4. The summed E-state index contributed by atoms with van der Waals surface area (Å²) < 4.78 is 1.56. The molecule has 0 atom stereocenters. The molecular formula is C13H11N5O2. The van der Waals surface area contributed by atoms with E-state index in [1.165, 1.54) is 0 Å². The first-order chi connectivity index (χ1) is 9.70. The summed E-state index contributed by atoms with van der Waals surface area (Å²) in [5.74, 6) is -0.272. The standard InChI is InChI=1S/C13H11N5O2/c19-13(20)7-10-8-18-12(16-10)2-1-11(17-18)15-9-3-5-14-6-4-9/h1-6,8H,7H2,(H,19,20)(H,14,15,17). The van der Waals surface area contributed by atoms with Crippen molar-refractivity contribution < 1.29 is 9.90 Å². The van der Waals surface area contributed by atoms with Crippen molar-refractivity contribution in [3.63, 3.8) is 0 Å². The summed E-state index contributed by atoms with van der Waals surface area (Å²) >= 11 is 0. The van der Waals surface area contributed by atoms with Gasteiger partial charge in [-0.15, -0.1) is 5.10 Å². The van der Waals surface area contributed by atoms with Gasteiger partial charge >= 0.3 is 5.97 Å². The first kappa shape index (κ1) is 12.1. The first-order valence-corrected chi connectivity index (χ1v) is 5.95. The molecule has 100 valence electrons. The Kier molecular flexibility index (Phi) is 3.00. The maximum atomic E-state index is 10.7. The number of aliphatic carboxylic acids is 1. The van der Waals surface area contributed by atoms with Crippen LogP contribution in [0.2, 0.25) is 0 Å². The third-order valence-electron chi connectivity index (χ3n) is 2.66. The van der Waals surface area contributed by atoms with E-state index in [1.54, 1.807) is 35.2 Å². The molecule has 3 aromatic heterocycles. The normalized spacial score (nSPS) is 10.6. The van der Waals surface area contributed by atoms with E-state index in [0.717, 1.165) is 5.69 Å². The molecule has 2 N–H and O–H groups in total. The van der Waals surface area contributed by atoms with Crippen molar-refractivity contribution in [3.8, 4) is 0 Å². The van der Waals surface area contributed by atoms with Gasteiger partial charge in [0.15, 0.2) is 11.5 Å². The predicted octanol–water partition coefficient (Wildman–Crippen LogP) is 1.50. The molecule has 0 fully saturated rings. The average molecular weight is 269 g/mol. The highest BCUT2D eigenvalue weighted by molar-refractivity contribution is 5.69. The van der Waals surface area contributed by atoms with Crippen molar-refractivity contribution in [2.75, 3.05) is 5.32 Å². The largest absolute Gasteiger partial charge is 0.481 e. The van der Waals surface area contributed by atoms with Gasteiger partial charge in [-0.05, 0) is 24.3 Å². The number of carbonyl (C=O) groups is 1. The highest BCUT2D eigenvalue weighted by Gasteiger charge is 2.07.